The van der Waals surface area contributed by atoms with E-state index in [1.807, 2.05) is 41.5 Å². The van der Waals surface area contributed by atoms with Crippen LogP contribution in [0.3, 0.4) is 0 Å². The first-order valence-electron chi connectivity index (χ1n) is 14.3. The van der Waals surface area contributed by atoms with Crippen molar-refractivity contribution in [3.63, 3.8) is 0 Å². The summed E-state index contributed by atoms with van der Waals surface area (Å²) in [7, 11) is -1.52. The molecule has 3 nitrogen and oxygen atoms in total. The van der Waals surface area contributed by atoms with E-state index < -0.39 is 13.5 Å². The largest absolute Gasteiger partial charge is 0.512 e. The fraction of sp³-hybridized carbons (Fsp3) is 0.351. The van der Waals surface area contributed by atoms with E-state index in [0.717, 1.165) is 22.3 Å². The van der Waals surface area contributed by atoms with Crippen LogP contribution in [0.2, 0.25) is 19.6 Å². The van der Waals surface area contributed by atoms with Crippen molar-refractivity contribution < 1.29 is 30.0 Å². The number of rotatable bonds is 4. The maximum absolute atomic E-state index is 11.5. The topological polar surface area (TPSA) is 50.2 Å². The second-order valence-electron chi connectivity index (χ2n) is 14.1. The molecule has 225 valence electrons. The van der Waals surface area contributed by atoms with Gasteiger partial charge in [-0.05, 0) is 28.3 Å². The van der Waals surface area contributed by atoms with Gasteiger partial charge in [0.25, 0.3) is 0 Å². The summed E-state index contributed by atoms with van der Waals surface area (Å²) in [5.41, 5.74) is 7.26. The molecular weight excluding hydrogens is 711 g/mol. The number of hydrogen-bond donors (Lipinski definition) is 1. The number of hydrogen-bond acceptors (Lipinski definition) is 3. The second kappa shape index (κ2) is 13.6. The van der Waals surface area contributed by atoms with Crippen molar-refractivity contribution in [1.29, 1.82) is 0 Å². The van der Waals surface area contributed by atoms with E-state index in [0.29, 0.717) is 0 Å². The molecule has 0 bridgehead atoms. The van der Waals surface area contributed by atoms with Gasteiger partial charge in [-0.3, -0.25) is 9.78 Å². The Morgan fingerprint density at radius 3 is 1.98 bits per heavy atom. The number of aliphatic hydroxyl groups excluding tert-OH is 1. The van der Waals surface area contributed by atoms with Crippen molar-refractivity contribution >= 4 is 29.9 Å². The molecule has 1 radical (unpaired) electrons. The van der Waals surface area contributed by atoms with Crippen LogP contribution in [-0.4, -0.2) is 23.9 Å². The number of allylic oxidation sites excluding steroid dienone is 2. The van der Waals surface area contributed by atoms with Crippen LogP contribution in [0.5, 0.6) is 0 Å². The number of carbonyl (C=O) groups excluding carboxylic acids is 1. The summed E-state index contributed by atoms with van der Waals surface area (Å²) in [4.78, 5) is 16.6. The van der Waals surface area contributed by atoms with Crippen LogP contribution in [0.15, 0.2) is 78.6 Å². The average Bonchev–Trinajstić information content (AvgIpc) is 2.86. The van der Waals surface area contributed by atoms with Crippen LogP contribution in [0.25, 0.3) is 33.3 Å². The van der Waals surface area contributed by atoms with Gasteiger partial charge in [0.1, 0.15) is 5.76 Å². The first kappa shape index (κ1) is 35.3. The summed E-state index contributed by atoms with van der Waals surface area (Å²) in [6.45, 7) is 22.5. The molecule has 0 atom stereocenters. The fourth-order valence-corrected chi connectivity index (χ4v) is 6.00. The van der Waals surface area contributed by atoms with Crippen LogP contribution in [0.4, 0.5) is 0 Å². The number of carbonyl (C=O) groups is 1. The third-order valence-electron chi connectivity index (χ3n) is 6.92. The number of aryl methyl sites for hydroxylation is 2. The minimum atomic E-state index is -1.52. The van der Waals surface area contributed by atoms with Crippen LogP contribution >= 0.6 is 0 Å². The number of pyridine rings is 1. The van der Waals surface area contributed by atoms with Gasteiger partial charge in [0.15, 0.2) is 5.78 Å². The first-order valence-corrected chi connectivity index (χ1v) is 17.8. The van der Waals surface area contributed by atoms with Crippen molar-refractivity contribution in [2.24, 2.45) is 10.8 Å². The molecule has 0 aliphatic carbocycles. The second-order valence-corrected chi connectivity index (χ2v) is 19.1. The Hall–Kier alpha value is -2.85. The molecule has 0 unspecified atom stereocenters. The number of aromatic nitrogens is 1. The normalized spacial score (nSPS) is 12.3. The molecule has 0 amide bonds. The van der Waals surface area contributed by atoms with E-state index in [9.17, 15) is 9.90 Å². The van der Waals surface area contributed by atoms with Crippen molar-refractivity contribution in [3.05, 3.63) is 95.8 Å². The molecule has 1 heterocycles. The van der Waals surface area contributed by atoms with Gasteiger partial charge in [0, 0.05) is 37.0 Å². The van der Waals surface area contributed by atoms with Crippen molar-refractivity contribution in [3.8, 4) is 22.4 Å². The summed E-state index contributed by atoms with van der Waals surface area (Å²) in [6, 6.07) is 27.4. The molecule has 5 heteroatoms. The van der Waals surface area contributed by atoms with E-state index in [1.165, 1.54) is 33.3 Å². The Kier molecular flexibility index (Phi) is 11.5. The molecule has 0 spiro atoms. The van der Waals surface area contributed by atoms with Gasteiger partial charge >= 0.3 is 0 Å². The van der Waals surface area contributed by atoms with Crippen LogP contribution in [0, 0.1) is 30.7 Å². The molecule has 0 fully saturated rings. The quantitative estimate of drug-likeness (QED) is 0.0977. The predicted molar refractivity (Wildman–Crippen MR) is 179 cm³/mol. The molecule has 0 aliphatic rings. The number of aliphatic hydroxyl groups is 1. The van der Waals surface area contributed by atoms with Crippen molar-refractivity contribution in [1.82, 2.24) is 4.98 Å². The maximum atomic E-state index is 11.5. The number of benzene rings is 3. The molecule has 4 rings (SSSR count). The van der Waals surface area contributed by atoms with Crippen LogP contribution < -0.4 is 5.19 Å². The minimum absolute atomic E-state index is 0. The molecule has 0 saturated heterocycles. The Labute approximate surface area is 267 Å². The predicted octanol–water partition coefficient (Wildman–Crippen LogP) is 9.62. The molecule has 4 aromatic rings. The van der Waals surface area contributed by atoms with Gasteiger partial charge in [-0.15, -0.1) is 34.9 Å². The number of nitrogens with zero attached hydrogens (tertiary/aromatic N) is 1. The van der Waals surface area contributed by atoms with Crippen LogP contribution in [-0.2, 0) is 24.9 Å². The number of fused-ring (bicyclic) bond motifs is 1. The molecular formula is C37H46IrNO2Si-. The molecule has 1 aromatic heterocycles. The zero-order chi connectivity index (χ0) is 30.8. The molecule has 1 N–H and O–H groups in total. The molecule has 42 heavy (non-hydrogen) atoms. The Morgan fingerprint density at radius 1 is 0.833 bits per heavy atom. The maximum Gasteiger partial charge on any atom is 0.164 e. The van der Waals surface area contributed by atoms with E-state index in [4.69, 9.17) is 4.98 Å². The SMILES string of the molecule is CC(C)(C)C(=O)/C=C(\O)C(C)(C)C.Cc1[c-]c(-c2ccc3c([Si](C)(C)C)cc(-c4ccccc4)cc3n2)cc(C)c1.[Ir]. The van der Waals surface area contributed by atoms with Gasteiger partial charge < -0.3 is 5.11 Å². The summed E-state index contributed by atoms with van der Waals surface area (Å²) in [5, 5.41) is 12.3. The first-order chi connectivity index (χ1) is 18.9. The molecule has 0 saturated carbocycles. The Morgan fingerprint density at radius 2 is 1.45 bits per heavy atom. The Balaban J connectivity index is 0.000000377. The summed E-state index contributed by atoms with van der Waals surface area (Å²) in [6.07, 6.45) is 1.33. The van der Waals surface area contributed by atoms with Crippen LogP contribution in [0.1, 0.15) is 52.7 Å². The third-order valence-corrected chi connectivity index (χ3v) is 8.95. The monoisotopic (exact) mass is 757 g/mol. The van der Waals surface area contributed by atoms with Crippen molar-refractivity contribution in [2.75, 3.05) is 0 Å². The van der Waals surface area contributed by atoms with Gasteiger partial charge in [0.05, 0.1) is 13.6 Å². The zero-order valence-electron chi connectivity index (χ0n) is 27.1. The van der Waals surface area contributed by atoms with E-state index >= 15 is 0 Å². The third kappa shape index (κ3) is 9.32. The standard InChI is InChI=1S/C26H26NSi.C11H20O2.Ir/c1-18-13-19(2)15-22(14-18)24-12-11-23-25(27-24)16-21(17-26(23)28(3,4)5)20-9-7-6-8-10-20;1-10(2,3)8(12)7-9(13)11(4,5)6;/h6-14,16-17H,1-5H3;7,12H,1-6H3;/q-1;;/b;8-7-;. The smallest absolute Gasteiger partial charge is 0.164 e. The molecule has 0 aliphatic heterocycles. The fourth-order valence-electron chi connectivity index (χ4n) is 4.39. The summed E-state index contributed by atoms with van der Waals surface area (Å²) >= 11 is 0. The van der Waals surface area contributed by atoms with Gasteiger partial charge in [-0.1, -0.05) is 129 Å². The number of ketones is 1. The van der Waals surface area contributed by atoms with E-state index in [1.54, 1.807) is 0 Å². The van der Waals surface area contributed by atoms with Gasteiger partial charge in [-0.2, -0.15) is 0 Å². The van der Waals surface area contributed by atoms with E-state index in [2.05, 4.69) is 106 Å². The van der Waals surface area contributed by atoms with Gasteiger partial charge in [0.2, 0.25) is 0 Å². The summed E-state index contributed by atoms with van der Waals surface area (Å²) in [5.74, 6) is 0.104. The zero-order valence-corrected chi connectivity index (χ0v) is 30.5. The van der Waals surface area contributed by atoms with Crippen molar-refractivity contribution in [2.45, 2.75) is 75.0 Å². The average molecular weight is 757 g/mol. The minimum Gasteiger partial charge on any atom is -0.512 e. The summed E-state index contributed by atoms with van der Waals surface area (Å²) < 4.78 is 0. The van der Waals surface area contributed by atoms with E-state index in [-0.39, 0.29) is 37.1 Å². The van der Waals surface area contributed by atoms with Gasteiger partial charge in [-0.25, -0.2) is 0 Å². The molecule has 3 aromatic carbocycles. The Bertz CT molecular complexity index is 1550.